The summed E-state index contributed by atoms with van der Waals surface area (Å²) in [4.78, 5) is 31.9. The Hall–Kier alpha value is -2.34. The Morgan fingerprint density at radius 3 is 2.64 bits per heavy atom. The van der Waals surface area contributed by atoms with Crippen molar-refractivity contribution in [1.82, 2.24) is 9.55 Å². The van der Waals surface area contributed by atoms with E-state index >= 15 is 0 Å². The van der Waals surface area contributed by atoms with Gasteiger partial charge in [0.2, 0.25) is 0 Å². The van der Waals surface area contributed by atoms with Gasteiger partial charge in [0.25, 0.3) is 5.56 Å². The molecule has 0 aliphatic carbocycles. The molecule has 0 unspecified atom stereocenters. The van der Waals surface area contributed by atoms with E-state index in [0.717, 1.165) is 15.3 Å². The monoisotopic (exact) mass is 358 g/mol. The lowest BCUT2D eigenvalue weighted by Crippen LogP contribution is -2.28. The van der Waals surface area contributed by atoms with Crippen molar-refractivity contribution in [1.29, 1.82) is 0 Å². The molecular formula is C19H19FN2O2S. The van der Waals surface area contributed by atoms with E-state index in [4.69, 9.17) is 0 Å². The molecule has 25 heavy (non-hydrogen) atoms. The van der Waals surface area contributed by atoms with Gasteiger partial charge in [-0.1, -0.05) is 6.92 Å². The van der Waals surface area contributed by atoms with Gasteiger partial charge in [0.1, 0.15) is 16.5 Å². The van der Waals surface area contributed by atoms with Gasteiger partial charge in [-0.15, -0.1) is 11.3 Å². The normalized spacial score (nSPS) is 11.2. The van der Waals surface area contributed by atoms with Gasteiger partial charge < -0.3 is 0 Å². The molecule has 0 aliphatic heterocycles. The number of thiophene rings is 1. The topological polar surface area (TPSA) is 52.0 Å². The van der Waals surface area contributed by atoms with Gasteiger partial charge in [-0.25, -0.2) is 9.37 Å². The molecule has 3 rings (SSSR count). The number of ketones is 1. The lowest BCUT2D eigenvalue weighted by atomic mass is 10.1. The first-order valence-electron chi connectivity index (χ1n) is 8.12. The highest BCUT2D eigenvalue weighted by molar-refractivity contribution is 7.18. The molecule has 0 bridgehead atoms. The number of rotatable bonds is 4. The van der Waals surface area contributed by atoms with Gasteiger partial charge in [0.15, 0.2) is 5.78 Å². The minimum atomic E-state index is -0.351. The number of carbonyl (C=O) groups excluding carboxylic acids is 1. The second kappa shape index (κ2) is 6.52. The molecule has 3 aromatic rings. The molecule has 0 N–H and O–H groups in total. The first-order chi connectivity index (χ1) is 11.8. The Balaban J connectivity index is 2.09. The van der Waals surface area contributed by atoms with Crippen molar-refractivity contribution in [3.8, 4) is 0 Å². The molecule has 0 atom stereocenters. The molecule has 0 radical (unpaired) electrons. The van der Waals surface area contributed by atoms with Crippen LogP contribution in [0.15, 0.2) is 23.0 Å². The number of aromatic nitrogens is 2. The van der Waals surface area contributed by atoms with E-state index in [0.29, 0.717) is 28.8 Å². The van der Waals surface area contributed by atoms with Gasteiger partial charge in [-0.05, 0) is 50.1 Å². The molecule has 0 saturated heterocycles. The standard InChI is InChI=1S/C19H19FN2O2S/c1-5-16-21-18-17(11(3)12(4)25-18)19(24)22(16)9-15(23)13-6-7-14(20)10(2)8-13/h6-8H,5,9H2,1-4H3. The number of hydrogen-bond acceptors (Lipinski definition) is 4. The maximum Gasteiger partial charge on any atom is 0.262 e. The largest absolute Gasteiger partial charge is 0.292 e. The first-order valence-corrected chi connectivity index (χ1v) is 8.93. The first kappa shape index (κ1) is 17.5. The van der Waals surface area contributed by atoms with Crippen molar-refractivity contribution in [2.24, 2.45) is 0 Å². The van der Waals surface area contributed by atoms with Crippen LogP contribution in [-0.4, -0.2) is 15.3 Å². The molecular weight excluding hydrogens is 339 g/mol. The highest BCUT2D eigenvalue weighted by Crippen LogP contribution is 2.26. The number of nitrogens with zero attached hydrogens (tertiary/aromatic N) is 2. The Kier molecular flexibility index (Phi) is 4.56. The van der Waals surface area contributed by atoms with E-state index in [2.05, 4.69) is 4.98 Å². The molecule has 2 aromatic heterocycles. The number of fused-ring (bicyclic) bond motifs is 1. The van der Waals surface area contributed by atoms with Crippen molar-refractivity contribution in [3.05, 3.63) is 61.8 Å². The zero-order chi connectivity index (χ0) is 18.3. The SMILES string of the molecule is CCc1nc2sc(C)c(C)c2c(=O)n1CC(=O)c1ccc(F)c(C)c1. The summed E-state index contributed by atoms with van der Waals surface area (Å²) in [6.07, 6.45) is 0.552. The van der Waals surface area contributed by atoms with Gasteiger partial charge >= 0.3 is 0 Å². The summed E-state index contributed by atoms with van der Waals surface area (Å²) in [6, 6.07) is 4.24. The fourth-order valence-corrected chi connectivity index (χ4v) is 3.89. The van der Waals surface area contributed by atoms with Crippen molar-refractivity contribution in [3.63, 3.8) is 0 Å². The number of halogens is 1. The van der Waals surface area contributed by atoms with E-state index in [1.807, 2.05) is 20.8 Å². The number of carbonyl (C=O) groups is 1. The molecule has 4 nitrogen and oxygen atoms in total. The van der Waals surface area contributed by atoms with Crippen LogP contribution in [0.25, 0.3) is 10.2 Å². The predicted octanol–water partition coefficient (Wildman–Crippen LogP) is 3.97. The van der Waals surface area contributed by atoms with Gasteiger partial charge in [-0.2, -0.15) is 0 Å². The zero-order valence-electron chi connectivity index (χ0n) is 14.6. The van der Waals surface area contributed by atoms with Crippen molar-refractivity contribution in [2.45, 2.75) is 40.7 Å². The third-order valence-electron chi connectivity index (χ3n) is 4.47. The highest BCUT2D eigenvalue weighted by atomic mass is 32.1. The quantitative estimate of drug-likeness (QED) is 0.663. The lowest BCUT2D eigenvalue weighted by Gasteiger charge is -2.11. The van der Waals surface area contributed by atoms with Gasteiger partial charge in [-0.3, -0.25) is 14.2 Å². The van der Waals surface area contributed by atoms with Crippen LogP contribution in [0.5, 0.6) is 0 Å². The summed E-state index contributed by atoms with van der Waals surface area (Å²) in [7, 11) is 0. The molecule has 0 amide bonds. The maximum absolute atomic E-state index is 13.4. The minimum Gasteiger partial charge on any atom is -0.292 e. The fourth-order valence-electron chi connectivity index (χ4n) is 2.86. The molecule has 0 fully saturated rings. The summed E-state index contributed by atoms with van der Waals surface area (Å²) < 4.78 is 14.9. The van der Waals surface area contributed by atoms with Crippen LogP contribution in [-0.2, 0) is 13.0 Å². The minimum absolute atomic E-state index is 0.0929. The lowest BCUT2D eigenvalue weighted by molar-refractivity contribution is 0.0969. The molecule has 0 saturated carbocycles. The van der Waals surface area contributed by atoms with Crippen LogP contribution in [0.3, 0.4) is 0 Å². The number of benzene rings is 1. The van der Waals surface area contributed by atoms with Gasteiger partial charge in [0, 0.05) is 16.9 Å². The van der Waals surface area contributed by atoms with Crippen LogP contribution in [0.1, 0.15) is 39.1 Å². The molecule has 2 heterocycles. The predicted molar refractivity (Wildman–Crippen MR) is 98.2 cm³/mol. The van der Waals surface area contributed by atoms with E-state index in [9.17, 15) is 14.0 Å². The molecule has 0 aliphatic rings. The smallest absolute Gasteiger partial charge is 0.262 e. The summed E-state index contributed by atoms with van der Waals surface area (Å²) in [6.45, 7) is 7.29. The third kappa shape index (κ3) is 3.02. The second-order valence-corrected chi connectivity index (χ2v) is 7.33. The summed E-state index contributed by atoms with van der Waals surface area (Å²) >= 11 is 1.50. The van der Waals surface area contributed by atoms with E-state index in [1.165, 1.54) is 34.1 Å². The maximum atomic E-state index is 13.4. The Bertz CT molecular complexity index is 1050. The van der Waals surface area contributed by atoms with Crippen molar-refractivity contribution < 1.29 is 9.18 Å². The highest BCUT2D eigenvalue weighted by Gasteiger charge is 2.18. The van der Waals surface area contributed by atoms with Crippen LogP contribution in [0.2, 0.25) is 0 Å². The number of hydrogen-bond donors (Lipinski definition) is 0. The average molecular weight is 358 g/mol. The van der Waals surface area contributed by atoms with Crippen LogP contribution >= 0.6 is 11.3 Å². The second-order valence-electron chi connectivity index (χ2n) is 6.12. The van der Waals surface area contributed by atoms with E-state index in [-0.39, 0.29) is 23.7 Å². The van der Waals surface area contributed by atoms with E-state index in [1.54, 1.807) is 6.92 Å². The van der Waals surface area contributed by atoms with Crippen LogP contribution in [0.4, 0.5) is 4.39 Å². The molecule has 6 heteroatoms. The Morgan fingerprint density at radius 2 is 2.00 bits per heavy atom. The summed E-state index contributed by atoms with van der Waals surface area (Å²) in [5.41, 5.74) is 1.54. The average Bonchev–Trinajstić information content (AvgIpc) is 2.86. The van der Waals surface area contributed by atoms with Crippen molar-refractivity contribution in [2.75, 3.05) is 0 Å². The number of aryl methyl sites for hydroxylation is 4. The van der Waals surface area contributed by atoms with Gasteiger partial charge in [0.05, 0.1) is 11.9 Å². The molecule has 130 valence electrons. The third-order valence-corrected chi connectivity index (χ3v) is 5.57. The summed E-state index contributed by atoms with van der Waals surface area (Å²) in [5.74, 6) is 0.00649. The zero-order valence-corrected chi connectivity index (χ0v) is 15.5. The number of Topliss-reactive ketones (excluding diaryl/α,β-unsaturated/α-hetero) is 1. The Labute approximate surface area is 149 Å². The Morgan fingerprint density at radius 1 is 1.28 bits per heavy atom. The van der Waals surface area contributed by atoms with Crippen LogP contribution in [0, 0.1) is 26.6 Å². The fraction of sp³-hybridized carbons (Fsp3) is 0.316. The van der Waals surface area contributed by atoms with Crippen LogP contribution < -0.4 is 5.56 Å². The van der Waals surface area contributed by atoms with Crippen molar-refractivity contribution >= 4 is 27.3 Å². The summed E-state index contributed by atoms with van der Waals surface area (Å²) in [5, 5.41) is 0.586. The molecule has 1 aromatic carbocycles. The molecule has 0 spiro atoms. The van der Waals surface area contributed by atoms with E-state index < -0.39 is 0 Å².